The normalized spacial score (nSPS) is 24.3. The Morgan fingerprint density at radius 3 is 2.12 bits per heavy atom. The van der Waals surface area contributed by atoms with Crippen molar-refractivity contribution in [2.24, 2.45) is 17.4 Å². The number of likely N-dealkylation sites (tertiary alicyclic amines) is 1. The number of nitrogens with two attached hydrogens (primary N) is 2. The van der Waals surface area contributed by atoms with Gasteiger partial charge in [-0.25, -0.2) is 0 Å². The summed E-state index contributed by atoms with van der Waals surface area (Å²) in [4.78, 5) is 28.3. The smallest absolute Gasteiger partial charge is 0.243 e. The lowest BCUT2D eigenvalue weighted by molar-refractivity contribution is -0.140. The molecule has 138 valence electrons. The summed E-state index contributed by atoms with van der Waals surface area (Å²) in [5, 5.41) is 9.62. The Morgan fingerprint density at radius 1 is 1.04 bits per heavy atom. The highest BCUT2D eigenvalue weighted by atomic mass is 32.2. The van der Waals surface area contributed by atoms with Gasteiger partial charge in [-0.2, -0.15) is 0 Å². The van der Waals surface area contributed by atoms with Crippen molar-refractivity contribution < 1.29 is 14.7 Å². The largest absolute Gasteiger partial charge is 0.391 e. The van der Waals surface area contributed by atoms with Crippen LogP contribution in [0.1, 0.15) is 33.6 Å². The van der Waals surface area contributed by atoms with E-state index in [1.54, 1.807) is 11.8 Å². The molecule has 0 aliphatic carbocycles. The fourth-order valence-corrected chi connectivity index (χ4v) is 4.75. The van der Waals surface area contributed by atoms with E-state index in [1.165, 1.54) is 6.92 Å². The molecule has 2 aliphatic rings. The molecule has 2 rings (SSSR count). The third-order valence-corrected chi connectivity index (χ3v) is 6.66. The van der Waals surface area contributed by atoms with Crippen molar-refractivity contribution in [1.29, 1.82) is 0 Å². The molecular formula is C16H30N4O3S. The molecule has 2 heterocycles. The van der Waals surface area contributed by atoms with Gasteiger partial charge in [0.2, 0.25) is 11.8 Å². The number of nitrogens with zero attached hydrogens (tertiary/aromatic N) is 2. The number of amides is 2. The van der Waals surface area contributed by atoms with Gasteiger partial charge in [0, 0.05) is 25.4 Å². The van der Waals surface area contributed by atoms with Gasteiger partial charge >= 0.3 is 0 Å². The lowest BCUT2D eigenvalue weighted by Crippen LogP contribution is -2.59. The van der Waals surface area contributed by atoms with E-state index in [-0.39, 0.29) is 22.6 Å². The fourth-order valence-electron chi connectivity index (χ4n) is 3.29. The molecule has 3 atom stereocenters. The third-order valence-electron chi connectivity index (χ3n) is 5.11. The summed E-state index contributed by atoms with van der Waals surface area (Å²) in [6.07, 6.45) is 0.560. The summed E-state index contributed by atoms with van der Waals surface area (Å²) in [5.41, 5.74) is 11.8. The van der Waals surface area contributed by atoms with Crippen LogP contribution in [0.5, 0.6) is 0 Å². The summed E-state index contributed by atoms with van der Waals surface area (Å²) >= 11 is 1.76. The van der Waals surface area contributed by atoms with Crippen molar-refractivity contribution in [3.63, 3.8) is 0 Å². The number of rotatable bonds is 4. The molecule has 0 aromatic rings. The van der Waals surface area contributed by atoms with Crippen LogP contribution >= 0.6 is 11.8 Å². The van der Waals surface area contributed by atoms with E-state index >= 15 is 0 Å². The second-order valence-electron chi connectivity index (χ2n) is 7.15. The second-order valence-corrected chi connectivity index (χ2v) is 8.60. The highest BCUT2D eigenvalue weighted by Gasteiger charge is 2.48. The van der Waals surface area contributed by atoms with Gasteiger partial charge in [0.1, 0.15) is 6.04 Å². The summed E-state index contributed by atoms with van der Waals surface area (Å²) in [7, 11) is 0. The first-order valence-electron chi connectivity index (χ1n) is 8.63. The Hall–Kier alpha value is -0.830. The van der Waals surface area contributed by atoms with E-state index in [2.05, 4.69) is 0 Å². The molecule has 0 radical (unpaired) electrons. The average molecular weight is 359 g/mol. The molecule has 8 heteroatoms. The molecule has 0 saturated carbocycles. The van der Waals surface area contributed by atoms with E-state index < -0.39 is 18.2 Å². The average Bonchev–Trinajstić information content (AvgIpc) is 2.95. The Kier molecular flexibility index (Phi) is 6.17. The number of hydrogen-bond acceptors (Lipinski definition) is 6. The molecule has 0 bridgehead atoms. The molecule has 24 heavy (non-hydrogen) atoms. The van der Waals surface area contributed by atoms with Crippen LogP contribution in [0.15, 0.2) is 0 Å². The maximum atomic E-state index is 12.6. The lowest BCUT2D eigenvalue weighted by atomic mass is 9.98. The first-order valence-corrected chi connectivity index (χ1v) is 9.61. The molecule has 5 N–H and O–H groups in total. The SMILES string of the molecule is CC(C)[C@H](N)C(=O)N1CCC2(CC1)SCCN2C(=O)[C@@H](N)[C@@H](C)O. The van der Waals surface area contributed by atoms with Gasteiger partial charge in [-0.05, 0) is 25.7 Å². The molecule has 2 aliphatic heterocycles. The minimum Gasteiger partial charge on any atom is -0.391 e. The molecular weight excluding hydrogens is 328 g/mol. The summed E-state index contributed by atoms with van der Waals surface area (Å²) < 4.78 is 0. The number of aliphatic hydroxyl groups is 1. The molecule has 2 saturated heterocycles. The quantitative estimate of drug-likeness (QED) is 0.629. The molecule has 1 spiro atoms. The predicted molar refractivity (Wildman–Crippen MR) is 95.2 cm³/mol. The van der Waals surface area contributed by atoms with Crippen LogP contribution in [0.3, 0.4) is 0 Å². The minimum atomic E-state index is -0.894. The summed E-state index contributed by atoms with van der Waals surface area (Å²) in [5.74, 6) is 0.754. The van der Waals surface area contributed by atoms with Crippen LogP contribution in [-0.2, 0) is 9.59 Å². The molecule has 2 amide bonds. The Balaban J connectivity index is 2.03. The fraction of sp³-hybridized carbons (Fsp3) is 0.875. The zero-order chi connectivity index (χ0) is 18.1. The first kappa shape index (κ1) is 19.5. The van der Waals surface area contributed by atoms with Crippen LogP contribution in [0.4, 0.5) is 0 Å². The number of thioether (sulfide) groups is 1. The molecule has 7 nitrogen and oxygen atoms in total. The van der Waals surface area contributed by atoms with Crippen LogP contribution < -0.4 is 11.5 Å². The van der Waals surface area contributed by atoms with E-state index in [0.717, 1.165) is 5.75 Å². The highest BCUT2D eigenvalue weighted by molar-refractivity contribution is 8.00. The van der Waals surface area contributed by atoms with Crippen LogP contribution in [0.25, 0.3) is 0 Å². The highest BCUT2D eigenvalue weighted by Crippen LogP contribution is 2.44. The van der Waals surface area contributed by atoms with Gasteiger partial charge in [-0.1, -0.05) is 13.8 Å². The molecule has 0 aromatic carbocycles. The zero-order valence-corrected chi connectivity index (χ0v) is 15.6. The number of carbonyl (C=O) groups excluding carboxylic acids is 2. The molecule has 0 aromatic heterocycles. The Labute approximate surface area is 148 Å². The molecule has 0 unspecified atom stereocenters. The predicted octanol–water partition coefficient (Wildman–Crippen LogP) is -0.428. The lowest BCUT2D eigenvalue weighted by Gasteiger charge is -2.45. The monoisotopic (exact) mass is 358 g/mol. The van der Waals surface area contributed by atoms with E-state index in [0.29, 0.717) is 32.5 Å². The van der Waals surface area contributed by atoms with E-state index in [4.69, 9.17) is 11.5 Å². The Bertz CT molecular complexity index is 478. The van der Waals surface area contributed by atoms with Crippen molar-refractivity contribution in [3.8, 4) is 0 Å². The van der Waals surface area contributed by atoms with E-state index in [9.17, 15) is 14.7 Å². The van der Waals surface area contributed by atoms with Gasteiger partial charge in [0.05, 0.1) is 17.0 Å². The van der Waals surface area contributed by atoms with Crippen molar-refractivity contribution in [2.45, 2.75) is 56.7 Å². The maximum Gasteiger partial charge on any atom is 0.243 e. The van der Waals surface area contributed by atoms with Crippen LogP contribution in [0, 0.1) is 5.92 Å². The number of hydrogen-bond donors (Lipinski definition) is 3. The van der Waals surface area contributed by atoms with E-state index in [1.807, 2.05) is 23.6 Å². The Morgan fingerprint density at radius 2 is 1.62 bits per heavy atom. The van der Waals surface area contributed by atoms with Gasteiger partial charge in [0.15, 0.2) is 0 Å². The second kappa shape index (κ2) is 7.59. The van der Waals surface area contributed by atoms with Gasteiger partial charge in [-0.3, -0.25) is 9.59 Å². The van der Waals surface area contributed by atoms with Crippen LogP contribution in [-0.4, -0.2) is 75.2 Å². The maximum absolute atomic E-state index is 12.6. The van der Waals surface area contributed by atoms with Gasteiger partial charge in [0.25, 0.3) is 0 Å². The van der Waals surface area contributed by atoms with Crippen molar-refractivity contribution >= 4 is 23.6 Å². The topological polar surface area (TPSA) is 113 Å². The first-order chi connectivity index (χ1) is 11.2. The van der Waals surface area contributed by atoms with Gasteiger partial charge in [-0.15, -0.1) is 11.8 Å². The van der Waals surface area contributed by atoms with Crippen molar-refractivity contribution in [3.05, 3.63) is 0 Å². The molecule has 2 fully saturated rings. The minimum absolute atomic E-state index is 0.0126. The third kappa shape index (κ3) is 3.71. The summed E-state index contributed by atoms with van der Waals surface area (Å²) in [6.45, 7) is 7.26. The number of aliphatic hydroxyl groups excluding tert-OH is 1. The number of carbonyl (C=O) groups is 2. The summed E-state index contributed by atoms with van der Waals surface area (Å²) in [6, 6.07) is -1.37. The van der Waals surface area contributed by atoms with Gasteiger partial charge < -0.3 is 26.4 Å². The van der Waals surface area contributed by atoms with Crippen molar-refractivity contribution in [1.82, 2.24) is 9.80 Å². The van der Waals surface area contributed by atoms with Crippen LogP contribution in [0.2, 0.25) is 0 Å². The zero-order valence-electron chi connectivity index (χ0n) is 14.8. The number of piperidine rings is 1. The standard InChI is InChI=1S/C16H30N4O3S/c1-10(2)12(17)14(22)19-6-4-16(5-7-19)20(8-9-24-16)15(23)13(18)11(3)21/h10-13,21H,4-9,17-18H2,1-3H3/t11-,12+,13+/m1/s1. The van der Waals surface area contributed by atoms with Crippen molar-refractivity contribution in [2.75, 3.05) is 25.4 Å².